The average Bonchev–Trinajstić information content (AvgIpc) is 3.04. The van der Waals surface area contributed by atoms with Crippen LogP contribution in [0.1, 0.15) is 16.6 Å². The largest absolute Gasteiger partial charge is 0.479 e. The van der Waals surface area contributed by atoms with Gasteiger partial charge in [0.05, 0.1) is 12.7 Å². The molecule has 0 saturated carbocycles. The normalized spacial score (nSPS) is 11.8. The van der Waals surface area contributed by atoms with E-state index in [0.717, 1.165) is 5.01 Å². The van der Waals surface area contributed by atoms with Crippen molar-refractivity contribution >= 4 is 23.3 Å². The number of urea groups is 1. The van der Waals surface area contributed by atoms with Gasteiger partial charge in [0.1, 0.15) is 5.01 Å². The number of thiazole rings is 1. The Balaban J connectivity index is 1.94. The van der Waals surface area contributed by atoms with E-state index in [-0.39, 0.29) is 6.54 Å². The summed E-state index contributed by atoms with van der Waals surface area (Å²) in [5, 5.41) is 20.5. The van der Waals surface area contributed by atoms with Gasteiger partial charge >= 0.3 is 12.0 Å². The van der Waals surface area contributed by atoms with Gasteiger partial charge in [-0.15, -0.1) is 11.3 Å². The monoisotopic (exact) mass is 295 g/mol. The number of aliphatic carboxylic acids is 1. The Morgan fingerprint density at radius 2 is 2.35 bits per heavy atom. The maximum absolute atomic E-state index is 11.7. The number of carboxylic acid groups (broad SMARTS) is 1. The molecule has 2 amide bonds. The number of hydrogen-bond donors (Lipinski definition) is 3. The number of hydrogen-bond acceptors (Lipinski definition) is 5. The van der Waals surface area contributed by atoms with E-state index in [1.54, 1.807) is 24.8 Å². The second kappa shape index (κ2) is 6.15. The lowest BCUT2D eigenvalue weighted by molar-refractivity contribution is -0.139. The van der Waals surface area contributed by atoms with Crippen molar-refractivity contribution in [3.63, 3.8) is 0 Å². The highest BCUT2D eigenvalue weighted by Gasteiger charge is 2.23. The van der Waals surface area contributed by atoms with Crippen LogP contribution in [0.25, 0.3) is 0 Å². The van der Waals surface area contributed by atoms with Crippen LogP contribution < -0.4 is 10.6 Å². The van der Waals surface area contributed by atoms with Crippen LogP contribution in [0.3, 0.4) is 0 Å². The first-order chi connectivity index (χ1) is 9.56. The van der Waals surface area contributed by atoms with Gasteiger partial charge in [-0.1, -0.05) is 0 Å². The van der Waals surface area contributed by atoms with Gasteiger partial charge in [-0.2, -0.15) is 5.10 Å². The fourth-order valence-electron chi connectivity index (χ4n) is 1.56. The van der Waals surface area contributed by atoms with Crippen molar-refractivity contribution < 1.29 is 14.7 Å². The molecule has 2 rings (SSSR count). The van der Waals surface area contributed by atoms with Gasteiger partial charge in [-0.25, -0.2) is 14.6 Å². The molecular weight excluding hydrogens is 282 g/mol. The summed E-state index contributed by atoms with van der Waals surface area (Å²) in [7, 11) is 1.67. The minimum Gasteiger partial charge on any atom is -0.479 e. The molecule has 0 aliphatic carbocycles. The summed E-state index contributed by atoms with van der Waals surface area (Å²) in [6, 6.07) is -1.71. The number of nitrogens with one attached hydrogen (secondary N) is 2. The zero-order valence-corrected chi connectivity index (χ0v) is 11.4. The lowest BCUT2D eigenvalue weighted by Crippen LogP contribution is -2.40. The minimum absolute atomic E-state index is 0.253. The van der Waals surface area contributed by atoms with Crippen molar-refractivity contribution in [3.8, 4) is 0 Å². The zero-order chi connectivity index (χ0) is 14.5. The van der Waals surface area contributed by atoms with E-state index < -0.39 is 18.0 Å². The Labute approximate surface area is 118 Å². The summed E-state index contributed by atoms with van der Waals surface area (Å²) in [6.07, 6.45) is 4.58. The molecule has 20 heavy (non-hydrogen) atoms. The van der Waals surface area contributed by atoms with Gasteiger partial charge in [0.15, 0.2) is 6.04 Å². The van der Waals surface area contributed by atoms with Crippen LogP contribution in [-0.4, -0.2) is 31.9 Å². The number of carbonyl (C=O) groups is 2. The van der Waals surface area contributed by atoms with Crippen molar-refractivity contribution in [2.45, 2.75) is 12.6 Å². The third-order valence-corrected chi connectivity index (χ3v) is 3.24. The van der Waals surface area contributed by atoms with E-state index in [4.69, 9.17) is 5.11 Å². The van der Waals surface area contributed by atoms with E-state index in [0.29, 0.717) is 5.56 Å². The highest BCUT2D eigenvalue weighted by atomic mass is 32.1. The van der Waals surface area contributed by atoms with E-state index in [9.17, 15) is 9.59 Å². The first-order valence-electron chi connectivity index (χ1n) is 5.70. The number of carboxylic acids is 1. The van der Waals surface area contributed by atoms with Crippen LogP contribution in [0.2, 0.25) is 0 Å². The van der Waals surface area contributed by atoms with Crippen LogP contribution in [0, 0.1) is 0 Å². The summed E-state index contributed by atoms with van der Waals surface area (Å²) in [4.78, 5) is 26.9. The van der Waals surface area contributed by atoms with E-state index in [1.807, 2.05) is 0 Å². The number of amides is 2. The third kappa shape index (κ3) is 3.54. The summed E-state index contributed by atoms with van der Waals surface area (Å²) in [6.45, 7) is 0.253. The molecule has 9 heteroatoms. The fraction of sp³-hybridized carbons (Fsp3) is 0.273. The molecule has 2 aromatic heterocycles. The first kappa shape index (κ1) is 14.0. The number of aryl methyl sites for hydroxylation is 1. The summed E-state index contributed by atoms with van der Waals surface area (Å²) in [5.74, 6) is -1.15. The quantitative estimate of drug-likeness (QED) is 0.744. The molecule has 0 spiro atoms. The number of rotatable bonds is 5. The van der Waals surface area contributed by atoms with Gasteiger partial charge in [0.2, 0.25) is 0 Å². The van der Waals surface area contributed by atoms with E-state index >= 15 is 0 Å². The number of carbonyl (C=O) groups excluding carboxylic acids is 1. The minimum atomic E-state index is -1.15. The first-order valence-corrected chi connectivity index (χ1v) is 6.58. The number of nitrogens with zero attached hydrogens (tertiary/aromatic N) is 3. The molecule has 3 N–H and O–H groups in total. The Morgan fingerprint density at radius 3 is 2.90 bits per heavy atom. The molecule has 0 aliphatic rings. The second-order valence-corrected chi connectivity index (χ2v) is 4.95. The Hall–Kier alpha value is -2.42. The van der Waals surface area contributed by atoms with Crippen LogP contribution in [0.5, 0.6) is 0 Å². The van der Waals surface area contributed by atoms with Crippen molar-refractivity contribution in [2.24, 2.45) is 7.05 Å². The van der Waals surface area contributed by atoms with Gasteiger partial charge in [0.25, 0.3) is 0 Å². The molecule has 0 aliphatic heterocycles. The lowest BCUT2D eigenvalue weighted by Gasteiger charge is -2.13. The molecule has 0 radical (unpaired) electrons. The van der Waals surface area contributed by atoms with Crippen molar-refractivity contribution in [3.05, 3.63) is 34.5 Å². The fourth-order valence-corrected chi connectivity index (χ4v) is 2.11. The topological polar surface area (TPSA) is 109 Å². The molecule has 2 heterocycles. The van der Waals surface area contributed by atoms with Crippen LogP contribution >= 0.6 is 11.3 Å². The Bertz CT molecular complexity index is 595. The van der Waals surface area contributed by atoms with E-state index in [1.165, 1.54) is 22.2 Å². The average molecular weight is 295 g/mol. The molecule has 8 nitrogen and oxygen atoms in total. The molecular formula is C11H13N5O3S. The molecule has 106 valence electrons. The summed E-state index contributed by atoms with van der Waals surface area (Å²) < 4.78 is 1.47. The van der Waals surface area contributed by atoms with Crippen molar-refractivity contribution in [1.29, 1.82) is 0 Å². The summed E-state index contributed by atoms with van der Waals surface area (Å²) >= 11 is 1.41. The molecule has 0 saturated heterocycles. The second-order valence-electron chi connectivity index (χ2n) is 3.97. The number of aromatic nitrogens is 3. The van der Waals surface area contributed by atoms with E-state index in [2.05, 4.69) is 20.7 Å². The SMILES string of the molecule is Cn1cc(C(NC(=O)NCc2nccs2)C(=O)O)cn1. The van der Waals surface area contributed by atoms with Gasteiger partial charge in [-0.3, -0.25) is 4.68 Å². The predicted molar refractivity (Wildman–Crippen MR) is 71.1 cm³/mol. The molecule has 1 atom stereocenters. The van der Waals surface area contributed by atoms with Crippen molar-refractivity contribution in [1.82, 2.24) is 25.4 Å². The maximum atomic E-state index is 11.7. The summed E-state index contributed by atoms with van der Waals surface area (Å²) in [5.41, 5.74) is 0.407. The van der Waals surface area contributed by atoms with Crippen molar-refractivity contribution in [2.75, 3.05) is 0 Å². The van der Waals surface area contributed by atoms with Gasteiger partial charge < -0.3 is 15.7 Å². The molecule has 0 fully saturated rings. The Kier molecular flexibility index (Phi) is 4.31. The lowest BCUT2D eigenvalue weighted by atomic mass is 10.1. The maximum Gasteiger partial charge on any atom is 0.331 e. The molecule has 0 bridgehead atoms. The molecule has 1 unspecified atom stereocenters. The van der Waals surface area contributed by atoms with Crippen LogP contribution in [0.4, 0.5) is 4.79 Å². The highest BCUT2D eigenvalue weighted by Crippen LogP contribution is 2.11. The van der Waals surface area contributed by atoms with Crippen LogP contribution in [0.15, 0.2) is 24.0 Å². The molecule has 0 aromatic carbocycles. The standard InChI is InChI=1S/C11H13N5O3S/c1-16-6-7(4-14-16)9(10(17)18)15-11(19)13-5-8-12-2-3-20-8/h2-4,6,9H,5H2,1H3,(H,17,18)(H2,13,15,19). The molecule has 2 aromatic rings. The smallest absolute Gasteiger partial charge is 0.331 e. The highest BCUT2D eigenvalue weighted by molar-refractivity contribution is 7.09. The Morgan fingerprint density at radius 1 is 1.55 bits per heavy atom. The predicted octanol–water partition coefficient (Wildman–Crippen LogP) is 0.502. The third-order valence-electron chi connectivity index (χ3n) is 2.46. The zero-order valence-electron chi connectivity index (χ0n) is 10.6. The van der Waals surface area contributed by atoms with Gasteiger partial charge in [0, 0.05) is 30.4 Å². The van der Waals surface area contributed by atoms with Crippen LogP contribution in [-0.2, 0) is 18.4 Å². The van der Waals surface area contributed by atoms with Gasteiger partial charge in [-0.05, 0) is 0 Å².